The van der Waals surface area contributed by atoms with E-state index in [-0.39, 0.29) is 5.41 Å². The van der Waals surface area contributed by atoms with Crippen LogP contribution in [0.25, 0.3) is 77.2 Å². The predicted molar refractivity (Wildman–Crippen MR) is 188 cm³/mol. The number of hydrogen-bond donors (Lipinski definition) is 0. The number of nitrogens with zero attached hydrogens (tertiary/aromatic N) is 2. The minimum Gasteiger partial charge on any atom is -0.256 e. The molecule has 2 heterocycles. The lowest BCUT2D eigenvalue weighted by Crippen LogP contribution is -2.16. The van der Waals surface area contributed by atoms with E-state index in [4.69, 9.17) is 9.97 Å². The lowest BCUT2D eigenvalue weighted by molar-refractivity contribution is 0.662. The molecular formula is C43H30N2. The van der Waals surface area contributed by atoms with Crippen molar-refractivity contribution in [1.29, 1.82) is 0 Å². The van der Waals surface area contributed by atoms with Crippen molar-refractivity contribution in [3.8, 4) is 44.6 Å². The number of fused-ring (bicyclic) bond motifs is 6. The molecule has 8 aromatic rings. The van der Waals surface area contributed by atoms with Crippen molar-refractivity contribution in [2.45, 2.75) is 19.3 Å². The highest BCUT2D eigenvalue weighted by Crippen LogP contribution is 2.53. The highest BCUT2D eigenvalue weighted by Gasteiger charge is 2.39. The first-order valence-corrected chi connectivity index (χ1v) is 15.6. The van der Waals surface area contributed by atoms with Gasteiger partial charge in [0.25, 0.3) is 0 Å². The maximum atomic E-state index is 5.23. The normalized spacial score (nSPS) is 13.3. The van der Waals surface area contributed by atoms with Crippen LogP contribution in [-0.2, 0) is 5.41 Å². The van der Waals surface area contributed by atoms with Gasteiger partial charge in [0.2, 0.25) is 0 Å². The molecule has 9 rings (SSSR count). The third-order valence-corrected chi connectivity index (χ3v) is 9.70. The van der Waals surface area contributed by atoms with Gasteiger partial charge in [0.05, 0.1) is 16.7 Å². The van der Waals surface area contributed by atoms with Gasteiger partial charge in [-0.05, 0) is 61.8 Å². The molecule has 0 atom stereocenters. The van der Waals surface area contributed by atoms with E-state index in [0.717, 1.165) is 27.7 Å². The first kappa shape index (κ1) is 25.9. The molecule has 0 N–H and O–H groups in total. The van der Waals surface area contributed by atoms with Crippen molar-refractivity contribution in [2.75, 3.05) is 0 Å². The summed E-state index contributed by atoms with van der Waals surface area (Å²) in [5, 5.41) is 4.82. The SMILES string of the molecule is CC1(C)c2ccccc2-c2nc3ccccc3c(-c3ccc(-c4ccc(-c5cccc6cccnc56)c5ccccc45)cc3)c21. The topological polar surface area (TPSA) is 25.8 Å². The van der Waals surface area contributed by atoms with Crippen LogP contribution in [0.4, 0.5) is 0 Å². The highest BCUT2D eigenvalue weighted by molar-refractivity contribution is 6.09. The molecule has 45 heavy (non-hydrogen) atoms. The Balaban J connectivity index is 1.21. The molecule has 2 heteroatoms. The van der Waals surface area contributed by atoms with Crippen LogP contribution in [0.1, 0.15) is 25.0 Å². The Morgan fingerprint density at radius 2 is 1.13 bits per heavy atom. The number of pyridine rings is 2. The van der Waals surface area contributed by atoms with E-state index >= 15 is 0 Å². The van der Waals surface area contributed by atoms with E-state index in [0.29, 0.717) is 0 Å². The van der Waals surface area contributed by atoms with E-state index in [9.17, 15) is 0 Å². The van der Waals surface area contributed by atoms with Gasteiger partial charge in [-0.3, -0.25) is 4.98 Å². The summed E-state index contributed by atoms with van der Waals surface area (Å²) in [7, 11) is 0. The third kappa shape index (κ3) is 3.82. The minimum atomic E-state index is -0.153. The minimum absolute atomic E-state index is 0.153. The summed E-state index contributed by atoms with van der Waals surface area (Å²) in [6.07, 6.45) is 1.88. The van der Waals surface area contributed by atoms with Crippen molar-refractivity contribution >= 4 is 32.6 Å². The summed E-state index contributed by atoms with van der Waals surface area (Å²) in [6, 6.07) is 50.3. The van der Waals surface area contributed by atoms with E-state index < -0.39 is 0 Å². The summed E-state index contributed by atoms with van der Waals surface area (Å²) < 4.78 is 0. The first-order chi connectivity index (χ1) is 22.1. The Bertz CT molecular complexity index is 2450. The molecule has 1 aliphatic carbocycles. The van der Waals surface area contributed by atoms with Crippen molar-refractivity contribution in [2.24, 2.45) is 0 Å². The largest absolute Gasteiger partial charge is 0.256 e. The van der Waals surface area contributed by atoms with Crippen LogP contribution in [0.15, 0.2) is 146 Å². The molecule has 0 fully saturated rings. The number of benzene rings is 6. The van der Waals surface area contributed by atoms with Crippen LogP contribution in [0.2, 0.25) is 0 Å². The van der Waals surface area contributed by atoms with Crippen LogP contribution in [0.5, 0.6) is 0 Å². The average Bonchev–Trinajstić information content (AvgIpc) is 3.32. The first-order valence-electron chi connectivity index (χ1n) is 15.6. The van der Waals surface area contributed by atoms with Gasteiger partial charge in [0, 0.05) is 33.5 Å². The number of rotatable bonds is 3. The summed E-state index contributed by atoms with van der Waals surface area (Å²) in [5.74, 6) is 0. The van der Waals surface area contributed by atoms with E-state index in [2.05, 4.69) is 147 Å². The summed E-state index contributed by atoms with van der Waals surface area (Å²) in [6.45, 7) is 4.68. The van der Waals surface area contributed by atoms with Crippen molar-refractivity contribution in [1.82, 2.24) is 9.97 Å². The lowest BCUT2D eigenvalue weighted by atomic mass is 9.78. The Kier molecular flexibility index (Phi) is 5.58. The molecule has 0 unspecified atom stereocenters. The van der Waals surface area contributed by atoms with Crippen molar-refractivity contribution in [3.63, 3.8) is 0 Å². The van der Waals surface area contributed by atoms with Gasteiger partial charge < -0.3 is 0 Å². The van der Waals surface area contributed by atoms with Crippen LogP contribution in [-0.4, -0.2) is 9.97 Å². The van der Waals surface area contributed by atoms with Gasteiger partial charge in [0.15, 0.2) is 0 Å². The molecule has 0 amide bonds. The van der Waals surface area contributed by atoms with Crippen LogP contribution in [0, 0.1) is 0 Å². The Morgan fingerprint density at radius 1 is 0.489 bits per heavy atom. The number of hydrogen-bond acceptors (Lipinski definition) is 2. The Labute approximate surface area is 262 Å². The average molecular weight is 575 g/mol. The summed E-state index contributed by atoms with van der Waals surface area (Å²) >= 11 is 0. The second-order valence-electron chi connectivity index (χ2n) is 12.6. The van der Waals surface area contributed by atoms with Gasteiger partial charge >= 0.3 is 0 Å². The number of aromatic nitrogens is 2. The molecule has 2 aromatic heterocycles. The fourth-order valence-corrected chi connectivity index (χ4v) is 7.61. The fourth-order valence-electron chi connectivity index (χ4n) is 7.61. The molecule has 0 aliphatic heterocycles. The lowest BCUT2D eigenvalue weighted by Gasteiger charge is -2.25. The molecule has 6 aromatic carbocycles. The molecular weight excluding hydrogens is 544 g/mol. The fraction of sp³-hybridized carbons (Fsp3) is 0.0698. The van der Waals surface area contributed by atoms with Gasteiger partial charge in [-0.1, -0.05) is 141 Å². The molecule has 2 nitrogen and oxygen atoms in total. The van der Waals surface area contributed by atoms with Gasteiger partial charge in [-0.2, -0.15) is 0 Å². The smallest absolute Gasteiger partial charge is 0.0780 e. The highest BCUT2D eigenvalue weighted by atomic mass is 14.7. The van der Waals surface area contributed by atoms with E-state index in [1.807, 2.05) is 12.3 Å². The maximum absolute atomic E-state index is 5.23. The van der Waals surface area contributed by atoms with Crippen molar-refractivity contribution < 1.29 is 0 Å². The molecule has 0 saturated heterocycles. The van der Waals surface area contributed by atoms with Crippen LogP contribution >= 0.6 is 0 Å². The second kappa shape index (κ2) is 9.70. The molecule has 0 spiro atoms. The van der Waals surface area contributed by atoms with E-state index in [1.165, 1.54) is 60.7 Å². The van der Waals surface area contributed by atoms with E-state index in [1.54, 1.807) is 0 Å². The van der Waals surface area contributed by atoms with Gasteiger partial charge in [-0.25, -0.2) is 4.98 Å². The zero-order valence-electron chi connectivity index (χ0n) is 25.3. The molecule has 0 bridgehead atoms. The number of para-hydroxylation sites is 2. The Hall–Kier alpha value is -5.60. The molecule has 212 valence electrons. The van der Waals surface area contributed by atoms with Crippen molar-refractivity contribution in [3.05, 3.63) is 157 Å². The Morgan fingerprint density at radius 3 is 1.98 bits per heavy atom. The summed E-state index contributed by atoms with van der Waals surface area (Å²) in [5.41, 5.74) is 14.2. The molecule has 1 aliphatic rings. The monoisotopic (exact) mass is 574 g/mol. The van der Waals surface area contributed by atoms with Crippen LogP contribution in [0.3, 0.4) is 0 Å². The van der Waals surface area contributed by atoms with Gasteiger partial charge in [0.1, 0.15) is 0 Å². The third-order valence-electron chi connectivity index (χ3n) is 9.70. The summed E-state index contributed by atoms with van der Waals surface area (Å²) in [4.78, 5) is 9.97. The standard InChI is InChI=1S/C43H30N2/c1-43(2)37-18-7-5-15-35(37)42-40(43)39(36-16-6-8-19-38(36)45-42)28-22-20-27(21-23-28)30-24-25-33(32-14-4-3-13-31(30)32)34-17-9-11-29-12-10-26-44-41(29)34/h3-26H,1-2H3. The molecule has 0 radical (unpaired) electrons. The predicted octanol–water partition coefficient (Wildman–Crippen LogP) is 11.2. The maximum Gasteiger partial charge on any atom is 0.0780 e. The van der Waals surface area contributed by atoms with Gasteiger partial charge in [-0.15, -0.1) is 0 Å². The zero-order valence-corrected chi connectivity index (χ0v) is 25.3. The quantitative estimate of drug-likeness (QED) is 0.210. The zero-order chi connectivity index (χ0) is 30.1. The van der Waals surface area contributed by atoms with Crippen LogP contribution < -0.4 is 0 Å². The molecule has 0 saturated carbocycles. The second-order valence-corrected chi connectivity index (χ2v) is 12.6.